The van der Waals surface area contributed by atoms with Crippen molar-refractivity contribution in [1.82, 2.24) is 9.13 Å². The Morgan fingerprint density at radius 1 is 0.732 bits per heavy atom. The lowest BCUT2D eigenvalue weighted by Gasteiger charge is -2.23. The first-order valence-corrected chi connectivity index (χ1v) is 15.1. The predicted octanol–water partition coefficient (Wildman–Crippen LogP) is 9.79. The fourth-order valence-corrected chi connectivity index (χ4v) is 8.63. The van der Waals surface area contributed by atoms with E-state index in [4.69, 9.17) is 0 Å². The minimum atomic E-state index is 0.189. The highest BCUT2D eigenvalue weighted by molar-refractivity contribution is 7.20. The average molecular weight is 544 g/mol. The fourth-order valence-electron chi connectivity index (χ4n) is 7.24. The number of hydrogen-bond acceptors (Lipinski definition) is 2. The summed E-state index contributed by atoms with van der Waals surface area (Å²) in [6.07, 6.45) is 12.4. The van der Waals surface area contributed by atoms with Gasteiger partial charge < -0.3 is 9.13 Å². The molecule has 0 aliphatic heterocycles. The molecule has 4 aromatic carbocycles. The third kappa shape index (κ3) is 3.13. The summed E-state index contributed by atoms with van der Waals surface area (Å²) < 4.78 is 6.39. The minimum absolute atomic E-state index is 0.189. The number of nitrogens with zero attached hydrogens (tertiary/aromatic N) is 3. The zero-order valence-electron chi connectivity index (χ0n) is 22.3. The van der Waals surface area contributed by atoms with Crippen LogP contribution in [0, 0.1) is 11.3 Å². The highest BCUT2D eigenvalue weighted by Crippen LogP contribution is 2.47. The molecule has 1 unspecified atom stereocenters. The van der Waals surface area contributed by atoms with Gasteiger partial charge in [-0.05, 0) is 61.2 Å². The van der Waals surface area contributed by atoms with Crippen molar-refractivity contribution in [2.75, 3.05) is 0 Å². The molecule has 0 N–H and O–H groups in total. The van der Waals surface area contributed by atoms with Gasteiger partial charge in [0, 0.05) is 48.7 Å². The summed E-state index contributed by atoms with van der Waals surface area (Å²) >= 11 is 1.95. The molecule has 7 aromatic rings. The summed E-state index contributed by atoms with van der Waals surface area (Å²) in [5.41, 5.74) is 9.79. The molecule has 3 nitrogen and oxygen atoms in total. The van der Waals surface area contributed by atoms with Gasteiger partial charge in [0.25, 0.3) is 0 Å². The largest absolute Gasteiger partial charge is 0.332 e. The monoisotopic (exact) mass is 543 g/mol. The Labute approximate surface area is 241 Å². The molecule has 0 fully saturated rings. The molecule has 1 atom stereocenters. The summed E-state index contributed by atoms with van der Waals surface area (Å²) in [6.45, 7) is 0. The molecule has 0 radical (unpaired) electrons. The van der Waals surface area contributed by atoms with E-state index in [9.17, 15) is 5.26 Å². The number of thiophene rings is 1. The van der Waals surface area contributed by atoms with Crippen molar-refractivity contribution in [3.05, 3.63) is 124 Å². The maximum Gasteiger partial charge on any atom is 0.0991 e. The maximum absolute atomic E-state index is 9.61. The molecule has 3 heterocycles. The maximum atomic E-state index is 9.61. The van der Waals surface area contributed by atoms with E-state index in [1.54, 1.807) is 0 Å². The van der Waals surface area contributed by atoms with Crippen molar-refractivity contribution in [1.29, 1.82) is 5.26 Å². The number of fused-ring (bicyclic) bond motifs is 9. The Morgan fingerprint density at radius 3 is 2.41 bits per heavy atom. The number of rotatable bonds is 2. The van der Waals surface area contributed by atoms with Gasteiger partial charge in [-0.1, -0.05) is 72.8 Å². The Morgan fingerprint density at radius 2 is 1.51 bits per heavy atom. The molecule has 4 heteroatoms. The molecule has 0 saturated carbocycles. The molecule has 0 spiro atoms. The smallest absolute Gasteiger partial charge is 0.0991 e. The predicted molar refractivity (Wildman–Crippen MR) is 172 cm³/mol. The van der Waals surface area contributed by atoms with Gasteiger partial charge in [0.05, 0.1) is 33.6 Å². The second-order valence-electron chi connectivity index (χ2n) is 11.1. The van der Waals surface area contributed by atoms with Crippen molar-refractivity contribution in [2.24, 2.45) is 0 Å². The average Bonchev–Trinajstić information content (AvgIpc) is 3.69. The van der Waals surface area contributed by atoms with Crippen molar-refractivity contribution >= 4 is 66.3 Å². The number of allylic oxidation sites excluding steroid dienone is 2. The molecule has 9 rings (SSSR count). The van der Waals surface area contributed by atoms with Gasteiger partial charge >= 0.3 is 0 Å². The SMILES string of the molecule is N#Cc1ccc2c(c1)c1ccccc1n2C1CC=Cc2c1sc1c(-n3c4c(c5ccccc53)C=CCC4)cccc21. The summed E-state index contributed by atoms with van der Waals surface area (Å²) in [5, 5.41) is 14.6. The molecule has 194 valence electrons. The fraction of sp³-hybridized carbons (Fsp3) is 0.108. The lowest BCUT2D eigenvalue weighted by Crippen LogP contribution is -2.11. The van der Waals surface area contributed by atoms with Crippen LogP contribution in [0.5, 0.6) is 0 Å². The van der Waals surface area contributed by atoms with E-state index in [2.05, 4.69) is 112 Å². The van der Waals surface area contributed by atoms with Gasteiger partial charge in [-0.3, -0.25) is 0 Å². The second kappa shape index (κ2) is 8.57. The van der Waals surface area contributed by atoms with E-state index in [0.717, 1.165) is 24.6 Å². The lowest BCUT2D eigenvalue weighted by molar-refractivity contribution is 0.637. The Bertz CT molecular complexity index is 2310. The molecule has 2 aliphatic carbocycles. The molecule has 2 aliphatic rings. The topological polar surface area (TPSA) is 33.6 Å². The van der Waals surface area contributed by atoms with E-state index in [1.807, 2.05) is 23.5 Å². The number of para-hydroxylation sites is 2. The second-order valence-corrected chi connectivity index (χ2v) is 12.1. The first-order chi connectivity index (χ1) is 20.3. The van der Waals surface area contributed by atoms with E-state index in [0.29, 0.717) is 5.56 Å². The first-order valence-electron chi connectivity index (χ1n) is 14.3. The Kier molecular flexibility index (Phi) is 4.79. The van der Waals surface area contributed by atoms with Crippen molar-refractivity contribution < 1.29 is 0 Å². The van der Waals surface area contributed by atoms with Gasteiger partial charge in [0.15, 0.2) is 0 Å². The molecule has 41 heavy (non-hydrogen) atoms. The quantitative estimate of drug-likeness (QED) is 0.214. The van der Waals surface area contributed by atoms with Gasteiger partial charge in [0.1, 0.15) is 0 Å². The van der Waals surface area contributed by atoms with Crippen LogP contribution in [0.4, 0.5) is 0 Å². The standard InChI is InChI=1S/C37H25N3S/c38-22-23-19-20-33-29(21-23)26-11-3-6-16-32(26)40(33)35-18-8-13-28-27-12-7-17-34(36(27)41-37(28)35)39-30-14-4-1-9-24(30)25-10-2-5-15-31(25)39/h1-4,6-14,16-17,19-21,35H,5,15,18H2. The van der Waals surface area contributed by atoms with Gasteiger partial charge in [-0.15, -0.1) is 11.3 Å². The van der Waals surface area contributed by atoms with Crippen LogP contribution in [-0.2, 0) is 6.42 Å². The van der Waals surface area contributed by atoms with Crippen LogP contribution in [0.1, 0.15) is 46.1 Å². The first kappa shape index (κ1) is 22.9. The minimum Gasteiger partial charge on any atom is -0.332 e. The third-order valence-electron chi connectivity index (χ3n) is 8.95. The highest BCUT2D eigenvalue weighted by Gasteiger charge is 2.28. The lowest BCUT2D eigenvalue weighted by atomic mass is 9.98. The Balaban J connectivity index is 1.32. The number of nitriles is 1. The zero-order chi connectivity index (χ0) is 27.1. The van der Waals surface area contributed by atoms with Crippen LogP contribution in [0.25, 0.3) is 60.6 Å². The van der Waals surface area contributed by atoms with Crippen LogP contribution in [0.2, 0.25) is 0 Å². The summed E-state index contributed by atoms with van der Waals surface area (Å²) in [4.78, 5) is 1.41. The van der Waals surface area contributed by atoms with Gasteiger partial charge in [0.2, 0.25) is 0 Å². The number of aromatic nitrogens is 2. The van der Waals surface area contributed by atoms with Crippen LogP contribution in [-0.4, -0.2) is 9.13 Å². The molecule has 0 amide bonds. The van der Waals surface area contributed by atoms with Gasteiger partial charge in [-0.2, -0.15) is 5.26 Å². The van der Waals surface area contributed by atoms with Crippen LogP contribution in [0.3, 0.4) is 0 Å². The molecular weight excluding hydrogens is 518 g/mol. The molecule has 0 saturated heterocycles. The summed E-state index contributed by atoms with van der Waals surface area (Å²) in [7, 11) is 0. The normalized spacial score (nSPS) is 16.0. The molecular formula is C37H25N3S. The van der Waals surface area contributed by atoms with Crippen molar-refractivity contribution in [3.63, 3.8) is 0 Å². The van der Waals surface area contributed by atoms with E-state index in [1.165, 1.54) is 64.8 Å². The van der Waals surface area contributed by atoms with E-state index >= 15 is 0 Å². The van der Waals surface area contributed by atoms with Crippen molar-refractivity contribution in [3.8, 4) is 11.8 Å². The van der Waals surface area contributed by atoms with Crippen LogP contribution in [0.15, 0.2) is 97.1 Å². The Hall–Kier alpha value is -4.85. The van der Waals surface area contributed by atoms with E-state index < -0.39 is 0 Å². The van der Waals surface area contributed by atoms with Crippen molar-refractivity contribution in [2.45, 2.75) is 25.3 Å². The highest BCUT2D eigenvalue weighted by atomic mass is 32.1. The molecule has 3 aromatic heterocycles. The molecule has 0 bridgehead atoms. The van der Waals surface area contributed by atoms with E-state index in [-0.39, 0.29) is 6.04 Å². The number of hydrogen-bond donors (Lipinski definition) is 0. The zero-order valence-corrected chi connectivity index (χ0v) is 23.2. The summed E-state index contributed by atoms with van der Waals surface area (Å²) in [5.74, 6) is 0. The van der Waals surface area contributed by atoms with Crippen LogP contribution < -0.4 is 0 Å². The summed E-state index contributed by atoms with van der Waals surface area (Å²) in [6, 6.07) is 33.0. The third-order valence-corrected chi connectivity index (χ3v) is 10.3. The number of benzene rings is 4. The van der Waals surface area contributed by atoms with Crippen LogP contribution >= 0.6 is 11.3 Å². The van der Waals surface area contributed by atoms with Gasteiger partial charge in [-0.25, -0.2) is 0 Å².